The average Bonchev–Trinajstić information content (AvgIpc) is 2.83. The number of benzene rings is 2. The predicted octanol–water partition coefficient (Wildman–Crippen LogP) is 2.40. The van der Waals surface area contributed by atoms with Gasteiger partial charge in [0.1, 0.15) is 11.8 Å². The lowest BCUT2D eigenvalue weighted by Gasteiger charge is -2.17. The van der Waals surface area contributed by atoms with E-state index in [0.717, 1.165) is 0 Å². The molecule has 6 nitrogen and oxygen atoms in total. The van der Waals surface area contributed by atoms with E-state index in [1.54, 1.807) is 67.6 Å². The van der Waals surface area contributed by atoms with Gasteiger partial charge in [0.15, 0.2) is 11.5 Å². The van der Waals surface area contributed by atoms with Crippen LogP contribution in [-0.4, -0.2) is 53.7 Å². The van der Waals surface area contributed by atoms with Gasteiger partial charge in [-0.05, 0) is 10.9 Å². The highest BCUT2D eigenvalue weighted by Crippen LogP contribution is 2.07. The van der Waals surface area contributed by atoms with Crippen LogP contribution >= 0.6 is 0 Å². The number of carbonyl (C=O) groups is 4. The smallest absolute Gasteiger partial charge is 0.243 e. The van der Waals surface area contributed by atoms with Crippen molar-refractivity contribution in [1.29, 1.82) is 0 Å². The molecule has 2 rings (SSSR count). The highest BCUT2D eigenvalue weighted by Gasteiger charge is 2.25. The molecule has 0 aliphatic rings. The monoisotopic (exact) mass is 451 g/mol. The predicted molar refractivity (Wildman–Crippen MR) is 124 cm³/mol. The van der Waals surface area contributed by atoms with Gasteiger partial charge in [0.25, 0.3) is 0 Å². The van der Waals surface area contributed by atoms with Crippen LogP contribution in [0.25, 0.3) is 0 Å². The highest BCUT2D eigenvalue weighted by molar-refractivity contribution is 7.96. The molecular formula is C24H29N2O4S+. The zero-order chi connectivity index (χ0) is 25.1. The number of Topliss-reactive ketones (excluding diaryl/α,β-unsaturated/α-hetero) is 2. The molecule has 0 aromatic heterocycles. The number of hydrogen-bond donors (Lipinski definition) is 2. The molecule has 0 saturated carbocycles. The molecule has 2 atom stereocenters. The van der Waals surface area contributed by atoms with Gasteiger partial charge in [-0.2, -0.15) is 0 Å². The molecule has 0 aliphatic heterocycles. The number of nitrogens with one attached hydrogen (secondary N) is 2. The summed E-state index contributed by atoms with van der Waals surface area (Å²) in [5.41, 5.74) is 0.873. The van der Waals surface area contributed by atoms with Crippen molar-refractivity contribution in [3.05, 3.63) is 71.8 Å². The molecule has 2 unspecified atom stereocenters. The number of amides is 2. The third-order valence-corrected chi connectivity index (χ3v) is 5.88. The minimum absolute atomic E-state index is 0.0284. The average molecular weight is 452 g/mol. The first-order valence-electron chi connectivity index (χ1n) is 11.5. The summed E-state index contributed by atoms with van der Waals surface area (Å²) >= 11 is 0. The molecule has 0 saturated heterocycles. The Hall–Kier alpha value is -2.93. The Balaban J connectivity index is 2.05. The van der Waals surface area contributed by atoms with Crippen molar-refractivity contribution in [2.45, 2.75) is 25.8 Å². The first kappa shape index (κ1) is 20.0. The zero-order valence-corrected chi connectivity index (χ0v) is 18.2. The number of ketones is 2. The summed E-state index contributed by atoms with van der Waals surface area (Å²) in [5.74, 6) is -1.65. The molecule has 7 heteroatoms. The van der Waals surface area contributed by atoms with Crippen LogP contribution in [0.4, 0.5) is 0 Å². The number of rotatable bonds is 12. The molecule has 164 valence electrons. The van der Waals surface area contributed by atoms with E-state index >= 15 is 0 Å². The molecule has 0 fully saturated rings. The minimum Gasteiger partial charge on any atom is -0.347 e. The first-order chi connectivity index (χ1) is 16.1. The SMILES string of the molecule is [2H]C([2H])([2H])[S+](CCC(NC(=O)CC)C(=O)NC[13C](=O)c1ccccc1)CC(=O)[13c]1[13cH][13cH][13cH][13cH][13cH]1. The molecule has 0 aliphatic carbocycles. The van der Waals surface area contributed by atoms with E-state index in [2.05, 4.69) is 10.6 Å². The summed E-state index contributed by atoms with van der Waals surface area (Å²) in [6.07, 6.45) is -2.21. The second kappa shape index (κ2) is 12.7. The summed E-state index contributed by atoms with van der Waals surface area (Å²) in [6, 6.07) is 15.9. The van der Waals surface area contributed by atoms with Gasteiger partial charge < -0.3 is 10.6 Å². The number of carbonyl (C=O) groups excluding carboxylic acids is 4. The summed E-state index contributed by atoms with van der Waals surface area (Å²) in [5, 5.41) is 5.13. The lowest BCUT2D eigenvalue weighted by molar-refractivity contribution is -0.128. The van der Waals surface area contributed by atoms with Gasteiger partial charge in [0.2, 0.25) is 17.6 Å². The Morgan fingerprint density at radius 2 is 1.52 bits per heavy atom. The number of hydrogen-bond acceptors (Lipinski definition) is 4. The Morgan fingerprint density at radius 1 is 0.935 bits per heavy atom. The van der Waals surface area contributed by atoms with E-state index in [4.69, 9.17) is 4.11 Å². The normalized spacial score (nSPS) is 14.3. The molecule has 0 heterocycles. The quantitative estimate of drug-likeness (QED) is 0.295. The van der Waals surface area contributed by atoms with Gasteiger partial charge in [-0.25, -0.2) is 0 Å². The van der Waals surface area contributed by atoms with Gasteiger partial charge in [0, 0.05) is 24.0 Å². The molecule has 0 bridgehead atoms. The van der Waals surface area contributed by atoms with Crippen LogP contribution in [0.15, 0.2) is 60.7 Å². The maximum atomic E-state index is 12.8. The fourth-order valence-corrected chi connectivity index (χ4v) is 3.93. The molecule has 2 N–H and O–H groups in total. The molecule has 31 heavy (non-hydrogen) atoms. The van der Waals surface area contributed by atoms with Gasteiger partial charge in [-0.15, -0.1) is 0 Å². The van der Waals surface area contributed by atoms with Crippen molar-refractivity contribution in [2.75, 3.05) is 24.2 Å². The Labute approximate surface area is 190 Å². The van der Waals surface area contributed by atoms with Crippen LogP contribution in [-0.2, 0) is 20.5 Å². The van der Waals surface area contributed by atoms with Crippen molar-refractivity contribution in [3.8, 4) is 0 Å². The standard InChI is InChI=1S/C24H28N2O4S/c1-3-23(29)26-20(24(30)25-16-21(27)18-10-6-4-7-11-18)14-15-31(2)17-22(28)19-12-8-5-9-13-19/h4-13,20H,3,14-17H2,1-2H3,(H-,25,26,29,30)/p+1/i2D3,5+1,8+1,9+1,12+1,13+1,19+1,21+1. The zero-order valence-electron chi connectivity index (χ0n) is 20.4. The second-order valence-corrected chi connectivity index (χ2v) is 8.58. The van der Waals surface area contributed by atoms with E-state index in [1.165, 1.54) is 0 Å². The third kappa shape index (κ3) is 8.38. The van der Waals surface area contributed by atoms with Crippen LogP contribution < -0.4 is 10.6 Å². The largest absolute Gasteiger partial charge is 0.347 e. The Kier molecular flexibility index (Phi) is 8.19. The molecular weight excluding hydrogens is 419 g/mol. The summed E-state index contributed by atoms with van der Waals surface area (Å²) in [6.45, 7) is 1.38. The van der Waals surface area contributed by atoms with Crippen LogP contribution in [0.3, 0.4) is 0 Å². The van der Waals surface area contributed by atoms with Crippen molar-refractivity contribution >= 4 is 34.3 Å². The molecule has 0 spiro atoms. The van der Waals surface area contributed by atoms with Crippen molar-refractivity contribution < 1.29 is 23.3 Å². The maximum Gasteiger partial charge on any atom is 0.243 e. The van der Waals surface area contributed by atoms with Crippen LogP contribution in [0.2, 0.25) is 0 Å². The van der Waals surface area contributed by atoms with E-state index in [0.29, 0.717) is 11.1 Å². The highest BCUT2D eigenvalue weighted by atomic mass is 32.2. The van der Waals surface area contributed by atoms with E-state index in [-0.39, 0.29) is 48.4 Å². The van der Waals surface area contributed by atoms with Crippen LogP contribution in [0.5, 0.6) is 0 Å². The molecule has 2 aromatic carbocycles. The second-order valence-electron chi connectivity index (χ2n) is 6.90. The van der Waals surface area contributed by atoms with Gasteiger partial charge in [-0.1, -0.05) is 67.6 Å². The van der Waals surface area contributed by atoms with Crippen LogP contribution in [0, 0.1) is 0 Å². The van der Waals surface area contributed by atoms with Crippen molar-refractivity contribution in [3.63, 3.8) is 0 Å². The van der Waals surface area contributed by atoms with Gasteiger partial charge in [0.05, 0.1) is 16.8 Å². The van der Waals surface area contributed by atoms with Crippen molar-refractivity contribution in [2.24, 2.45) is 0 Å². The van der Waals surface area contributed by atoms with Gasteiger partial charge >= 0.3 is 0 Å². The van der Waals surface area contributed by atoms with E-state index in [1.807, 2.05) is 0 Å². The summed E-state index contributed by atoms with van der Waals surface area (Å²) < 4.78 is 23.6. The summed E-state index contributed by atoms with van der Waals surface area (Å²) in [4.78, 5) is 49.6. The summed E-state index contributed by atoms with van der Waals surface area (Å²) in [7, 11) is -1.32. The van der Waals surface area contributed by atoms with Gasteiger partial charge in [-0.3, -0.25) is 19.2 Å². The van der Waals surface area contributed by atoms with E-state index < -0.39 is 29.0 Å². The Morgan fingerprint density at radius 3 is 2.06 bits per heavy atom. The topological polar surface area (TPSA) is 92.3 Å². The molecule has 2 aromatic rings. The van der Waals surface area contributed by atoms with Crippen molar-refractivity contribution in [1.82, 2.24) is 10.6 Å². The maximum absolute atomic E-state index is 12.8. The Bertz CT molecular complexity index is 985. The fraction of sp³-hybridized carbons (Fsp3) is 0.333. The van der Waals surface area contributed by atoms with E-state index in [9.17, 15) is 19.2 Å². The first-order valence-corrected chi connectivity index (χ1v) is 11.6. The lowest BCUT2D eigenvalue weighted by Crippen LogP contribution is -2.48. The lowest BCUT2D eigenvalue weighted by atomic mass is 10.2. The third-order valence-electron chi connectivity index (χ3n) is 4.55. The van der Waals surface area contributed by atoms with Crippen LogP contribution in [0.1, 0.15) is 44.6 Å². The fourth-order valence-electron chi connectivity index (χ4n) is 2.78. The molecule has 2 amide bonds. The minimum atomic E-state index is -2.39. The molecule has 0 radical (unpaired) electrons.